The first-order valence-electron chi connectivity index (χ1n) is 9.72. The molecule has 1 N–H and O–H groups in total. The number of amides is 1. The number of hydrogen-bond donors (Lipinski definition) is 1. The van der Waals surface area contributed by atoms with Crippen molar-refractivity contribution in [3.05, 3.63) is 84.4 Å². The molecule has 0 fully saturated rings. The van der Waals surface area contributed by atoms with Crippen LogP contribution in [0.3, 0.4) is 0 Å². The van der Waals surface area contributed by atoms with E-state index in [-0.39, 0.29) is 18.1 Å². The molecule has 2 aromatic carbocycles. The number of nitrogens with one attached hydrogen (secondary N) is 1. The van der Waals surface area contributed by atoms with E-state index in [4.69, 9.17) is 0 Å². The maximum Gasteiger partial charge on any atom is 0.229 e. The zero-order valence-corrected chi connectivity index (χ0v) is 18.0. The number of nitrogens with zero attached hydrogens (tertiary/aromatic N) is 3. The van der Waals surface area contributed by atoms with Gasteiger partial charge in [0, 0.05) is 29.9 Å². The molecule has 7 heteroatoms. The van der Waals surface area contributed by atoms with Gasteiger partial charge in [0.15, 0.2) is 0 Å². The Morgan fingerprint density at radius 2 is 1.74 bits per heavy atom. The fourth-order valence-corrected chi connectivity index (χ4v) is 4.08. The lowest BCUT2D eigenvalue weighted by Crippen LogP contribution is -2.17. The molecule has 1 amide bonds. The van der Waals surface area contributed by atoms with Crippen molar-refractivity contribution in [1.29, 1.82) is 0 Å². The fraction of sp³-hybridized carbons (Fsp3) is 0.125. The van der Waals surface area contributed by atoms with Crippen LogP contribution in [0, 0.1) is 5.82 Å². The van der Waals surface area contributed by atoms with Gasteiger partial charge in [-0.05, 0) is 59.8 Å². The third-order valence-corrected chi connectivity index (χ3v) is 5.77. The van der Waals surface area contributed by atoms with Crippen LogP contribution < -0.4 is 5.32 Å². The Morgan fingerprint density at radius 1 is 1.03 bits per heavy atom. The molecule has 156 valence electrons. The second-order valence-electron chi connectivity index (χ2n) is 6.98. The average molecular weight is 433 g/mol. The fourth-order valence-electron chi connectivity index (χ4n) is 3.47. The van der Waals surface area contributed by atoms with E-state index in [0.717, 1.165) is 27.1 Å². The van der Waals surface area contributed by atoms with Crippen LogP contribution in [-0.2, 0) is 18.3 Å². The van der Waals surface area contributed by atoms with Gasteiger partial charge >= 0.3 is 0 Å². The van der Waals surface area contributed by atoms with E-state index < -0.39 is 0 Å². The highest BCUT2D eigenvalue weighted by molar-refractivity contribution is 7.98. The van der Waals surface area contributed by atoms with Crippen LogP contribution in [0.1, 0.15) is 5.56 Å². The third-order valence-electron chi connectivity index (χ3n) is 4.94. The lowest BCUT2D eigenvalue weighted by Gasteiger charge is -2.11. The van der Waals surface area contributed by atoms with Gasteiger partial charge in [0.1, 0.15) is 17.3 Å². The highest BCUT2D eigenvalue weighted by Gasteiger charge is 2.21. The summed E-state index contributed by atoms with van der Waals surface area (Å²) in [6.07, 6.45) is 5.63. The summed E-state index contributed by atoms with van der Waals surface area (Å²) in [7, 11) is 1.78. The first kappa shape index (κ1) is 20.8. The highest BCUT2D eigenvalue weighted by atomic mass is 32.2. The Balaban J connectivity index is 1.73. The van der Waals surface area contributed by atoms with Crippen molar-refractivity contribution in [3.8, 4) is 22.4 Å². The van der Waals surface area contributed by atoms with Crippen LogP contribution in [0.25, 0.3) is 22.4 Å². The molecular formula is C24H21FN4OS. The van der Waals surface area contributed by atoms with E-state index >= 15 is 0 Å². The first-order valence-corrected chi connectivity index (χ1v) is 10.9. The number of aromatic nitrogens is 3. The molecule has 0 atom stereocenters. The van der Waals surface area contributed by atoms with Crippen molar-refractivity contribution in [2.45, 2.75) is 11.3 Å². The average Bonchev–Trinajstić information content (AvgIpc) is 3.11. The molecule has 0 saturated heterocycles. The van der Waals surface area contributed by atoms with E-state index in [0.29, 0.717) is 11.5 Å². The molecule has 2 aromatic heterocycles. The number of hydrogen-bond acceptors (Lipinski definition) is 4. The molecule has 0 bridgehead atoms. The summed E-state index contributed by atoms with van der Waals surface area (Å²) < 4.78 is 15.1. The van der Waals surface area contributed by atoms with Crippen LogP contribution in [0.15, 0.2) is 78.0 Å². The number of carbonyl (C=O) groups is 1. The number of anilines is 1. The molecule has 4 aromatic rings. The zero-order chi connectivity index (χ0) is 21.8. The maximum absolute atomic E-state index is 13.5. The van der Waals surface area contributed by atoms with Crippen LogP contribution in [0.4, 0.5) is 10.2 Å². The summed E-state index contributed by atoms with van der Waals surface area (Å²) in [5, 5.41) is 7.67. The molecule has 0 radical (unpaired) electrons. The van der Waals surface area contributed by atoms with Gasteiger partial charge < -0.3 is 5.32 Å². The molecule has 0 unspecified atom stereocenters. The summed E-state index contributed by atoms with van der Waals surface area (Å²) in [5.41, 5.74) is 4.02. The van der Waals surface area contributed by atoms with E-state index in [2.05, 4.69) is 15.4 Å². The summed E-state index contributed by atoms with van der Waals surface area (Å²) in [6.45, 7) is 0. The summed E-state index contributed by atoms with van der Waals surface area (Å²) in [5.74, 6) is 0.133. The van der Waals surface area contributed by atoms with Crippen LogP contribution in [0.5, 0.6) is 0 Å². The van der Waals surface area contributed by atoms with Gasteiger partial charge in [-0.15, -0.1) is 11.8 Å². The standard InChI is InChI=1S/C24H21FN4OS/c1-29-24(27-21(30)15-18-5-3-4-6-20(18)31-2)22(16-11-13-26-14-12-16)23(28-29)17-7-9-19(25)10-8-17/h3-14H,15H2,1-2H3,(H,27,30). The van der Waals surface area contributed by atoms with E-state index in [9.17, 15) is 9.18 Å². The van der Waals surface area contributed by atoms with Gasteiger partial charge in [-0.25, -0.2) is 4.39 Å². The van der Waals surface area contributed by atoms with E-state index in [1.807, 2.05) is 42.7 Å². The minimum absolute atomic E-state index is 0.134. The van der Waals surface area contributed by atoms with Crippen LogP contribution in [-0.4, -0.2) is 26.9 Å². The van der Waals surface area contributed by atoms with Gasteiger partial charge in [0.25, 0.3) is 0 Å². The van der Waals surface area contributed by atoms with Gasteiger partial charge in [0.2, 0.25) is 5.91 Å². The number of carbonyl (C=O) groups excluding carboxylic acids is 1. The monoisotopic (exact) mass is 432 g/mol. The van der Waals surface area contributed by atoms with E-state index in [1.165, 1.54) is 12.1 Å². The molecule has 5 nitrogen and oxygen atoms in total. The predicted molar refractivity (Wildman–Crippen MR) is 122 cm³/mol. The third kappa shape index (κ3) is 4.51. The predicted octanol–water partition coefficient (Wildman–Crippen LogP) is 5.19. The topological polar surface area (TPSA) is 59.8 Å². The molecule has 0 aliphatic heterocycles. The molecule has 31 heavy (non-hydrogen) atoms. The van der Waals surface area contributed by atoms with E-state index in [1.54, 1.807) is 48.0 Å². The lowest BCUT2D eigenvalue weighted by atomic mass is 10.0. The van der Waals surface area contributed by atoms with Crippen molar-refractivity contribution in [2.24, 2.45) is 7.05 Å². The summed E-state index contributed by atoms with van der Waals surface area (Å²) in [6, 6.07) is 17.8. The molecule has 2 heterocycles. The Bertz CT molecular complexity index is 1210. The molecule has 4 rings (SSSR count). The number of aryl methyl sites for hydroxylation is 1. The lowest BCUT2D eigenvalue weighted by molar-refractivity contribution is -0.115. The maximum atomic E-state index is 13.5. The second-order valence-corrected chi connectivity index (χ2v) is 7.82. The number of rotatable bonds is 6. The number of halogens is 1. The molecule has 0 aliphatic carbocycles. The van der Waals surface area contributed by atoms with Crippen molar-refractivity contribution >= 4 is 23.5 Å². The smallest absolute Gasteiger partial charge is 0.229 e. The zero-order valence-electron chi connectivity index (χ0n) is 17.2. The Labute approximate surface area is 184 Å². The largest absolute Gasteiger partial charge is 0.310 e. The van der Waals surface area contributed by atoms with Crippen molar-refractivity contribution in [1.82, 2.24) is 14.8 Å². The Kier molecular flexibility index (Phi) is 6.13. The summed E-state index contributed by atoms with van der Waals surface area (Å²) in [4.78, 5) is 18.1. The highest BCUT2D eigenvalue weighted by Crippen LogP contribution is 2.37. The van der Waals surface area contributed by atoms with Crippen LogP contribution >= 0.6 is 11.8 Å². The van der Waals surface area contributed by atoms with Gasteiger partial charge in [-0.2, -0.15) is 5.10 Å². The Morgan fingerprint density at radius 3 is 2.45 bits per heavy atom. The van der Waals surface area contributed by atoms with Crippen molar-refractivity contribution in [3.63, 3.8) is 0 Å². The second kappa shape index (κ2) is 9.14. The molecule has 0 spiro atoms. The SMILES string of the molecule is CSc1ccccc1CC(=O)Nc1c(-c2ccncc2)c(-c2ccc(F)cc2)nn1C. The van der Waals surface area contributed by atoms with Gasteiger partial charge in [0.05, 0.1) is 12.0 Å². The normalized spacial score (nSPS) is 10.8. The number of benzene rings is 2. The van der Waals surface area contributed by atoms with Crippen molar-refractivity contribution in [2.75, 3.05) is 11.6 Å². The molecule has 0 saturated carbocycles. The first-order chi connectivity index (χ1) is 15.1. The molecule has 0 aliphatic rings. The van der Waals surface area contributed by atoms with Crippen LogP contribution in [0.2, 0.25) is 0 Å². The molecular weight excluding hydrogens is 411 g/mol. The number of thioether (sulfide) groups is 1. The number of pyridine rings is 1. The van der Waals surface area contributed by atoms with Gasteiger partial charge in [-0.1, -0.05) is 18.2 Å². The minimum Gasteiger partial charge on any atom is -0.310 e. The Hall–Kier alpha value is -3.45. The van der Waals surface area contributed by atoms with Crippen molar-refractivity contribution < 1.29 is 9.18 Å². The summed E-state index contributed by atoms with van der Waals surface area (Å²) >= 11 is 1.61. The van der Waals surface area contributed by atoms with Gasteiger partial charge in [-0.3, -0.25) is 14.5 Å². The quantitative estimate of drug-likeness (QED) is 0.426. The minimum atomic E-state index is -0.314.